The van der Waals surface area contributed by atoms with Gasteiger partial charge in [-0.05, 0) is 85.7 Å². The average molecular weight is 437 g/mol. The van der Waals surface area contributed by atoms with E-state index in [9.17, 15) is 9.59 Å². The molecule has 3 saturated carbocycles. The predicted octanol–water partition coefficient (Wildman–Crippen LogP) is 6.10. The Morgan fingerprint density at radius 1 is 0.969 bits per heavy atom. The maximum absolute atomic E-state index is 13.2. The first-order valence-electron chi connectivity index (χ1n) is 12.4. The van der Waals surface area contributed by atoms with Gasteiger partial charge in [0, 0.05) is 13.3 Å². The van der Waals surface area contributed by atoms with Crippen molar-refractivity contribution in [2.24, 2.45) is 34.5 Å². The standard InChI is InChI=1S/C28H36O4/c1-18(29)31-21-13-15-27(2)19(17-21)9-10-22-23-11-12-25(28(23,3)16-14-24(22)27)26(30)32-20-7-5-4-6-8-20/h4-9,21-25H,10-17H2,1-3H3/t21-,22-,23-,24-,25+,27+,28+/m1/s1. The minimum Gasteiger partial charge on any atom is -0.462 e. The third-order valence-corrected chi connectivity index (χ3v) is 9.64. The lowest BCUT2D eigenvalue weighted by atomic mass is 9.47. The van der Waals surface area contributed by atoms with E-state index in [1.165, 1.54) is 18.9 Å². The molecule has 1 aromatic rings. The SMILES string of the molecule is CC(=O)O[C@@H]1CC[C@@]2(C)C(=CC[C@@H]3[C@H]4CC[C@@H](C(=O)Oc5ccccc5)[C@@]4(C)CC[C@H]32)C1. The fourth-order valence-electron chi connectivity index (χ4n) is 8.03. The lowest BCUT2D eigenvalue weighted by Crippen LogP contribution is -2.51. The number of hydrogen-bond acceptors (Lipinski definition) is 4. The van der Waals surface area contributed by atoms with Crippen LogP contribution in [0.15, 0.2) is 42.0 Å². The summed E-state index contributed by atoms with van der Waals surface area (Å²) in [5.74, 6) is 2.33. The summed E-state index contributed by atoms with van der Waals surface area (Å²) < 4.78 is 11.4. The number of allylic oxidation sites excluding steroid dienone is 1. The van der Waals surface area contributed by atoms with E-state index in [4.69, 9.17) is 9.47 Å². The lowest BCUT2D eigenvalue weighted by molar-refractivity contribution is -0.150. The Bertz CT molecular complexity index is 921. The van der Waals surface area contributed by atoms with Crippen LogP contribution < -0.4 is 4.74 Å². The van der Waals surface area contributed by atoms with E-state index >= 15 is 0 Å². The Hall–Kier alpha value is -2.10. The van der Waals surface area contributed by atoms with Crippen molar-refractivity contribution in [3.63, 3.8) is 0 Å². The van der Waals surface area contributed by atoms with E-state index in [0.29, 0.717) is 23.5 Å². The molecule has 4 nitrogen and oxygen atoms in total. The zero-order chi connectivity index (χ0) is 22.5. The molecule has 5 rings (SSSR count). The number of ether oxygens (including phenoxy) is 2. The molecule has 7 atom stereocenters. The van der Waals surface area contributed by atoms with Crippen molar-refractivity contribution < 1.29 is 19.1 Å². The molecule has 172 valence electrons. The summed E-state index contributed by atoms with van der Waals surface area (Å²) in [6, 6.07) is 9.50. The number of carbonyl (C=O) groups excluding carboxylic acids is 2. The Morgan fingerprint density at radius 2 is 1.75 bits per heavy atom. The van der Waals surface area contributed by atoms with Gasteiger partial charge in [0.2, 0.25) is 0 Å². The van der Waals surface area contributed by atoms with Gasteiger partial charge in [0.15, 0.2) is 0 Å². The summed E-state index contributed by atoms with van der Waals surface area (Å²) in [6.07, 6.45) is 10.9. The van der Waals surface area contributed by atoms with Gasteiger partial charge in [-0.15, -0.1) is 0 Å². The monoisotopic (exact) mass is 436 g/mol. The van der Waals surface area contributed by atoms with Crippen LogP contribution in [0.25, 0.3) is 0 Å². The first-order valence-corrected chi connectivity index (χ1v) is 12.4. The number of carbonyl (C=O) groups is 2. The molecular weight excluding hydrogens is 400 g/mol. The fraction of sp³-hybridized carbons (Fsp3) is 0.643. The summed E-state index contributed by atoms with van der Waals surface area (Å²) in [7, 11) is 0. The second kappa shape index (κ2) is 8.04. The summed E-state index contributed by atoms with van der Waals surface area (Å²) in [4.78, 5) is 24.6. The van der Waals surface area contributed by atoms with E-state index < -0.39 is 0 Å². The highest BCUT2D eigenvalue weighted by Gasteiger charge is 2.60. The van der Waals surface area contributed by atoms with E-state index in [1.807, 2.05) is 30.3 Å². The molecule has 0 spiro atoms. The van der Waals surface area contributed by atoms with Gasteiger partial charge in [0.25, 0.3) is 0 Å². The highest BCUT2D eigenvalue weighted by atomic mass is 16.5. The minimum absolute atomic E-state index is 0.00783. The number of hydrogen-bond donors (Lipinski definition) is 0. The molecule has 0 saturated heterocycles. The van der Waals surface area contributed by atoms with Crippen LogP contribution in [0.1, 0.15) is 72.1 Å². The van der Waals surface area contributed by atoms with E-state index in [-0.39, 0.29) is 34.8 Å². The number of para-hydroxylation sites is 1. The topological polar surface area (TPSA) is 52.6 Å². The average Bonchev–Trinajstić information content (AvgIpc) is 3.12. The van der Waals surface area contributed by atoms with Gasteiger partial charge >= 0.3 is 11.9 Å². The van der Waals surface area contributed by atoms with Gasteiger partial charge in [-0.3, -0.25) is 9.59 Å². The molecule has 0 amide bonds. The molecule has 0 N–H and O–H groups in total. The summed E-state index contributed by atoms with van der Waals surface area (Å²) in [5, 5.41) is 0. The normalized spacial score (nSPS) is 40.3. The van der Waals surface area contributed by atoms with Crippen LogP contribution in [0.3, 0.4) is 0 Å². The second-order valence-electron chi connectivity index (χ2n) is 11.1. The summed E-state index contributed by atoms with van der Waals surface area (Å²) in [6.45, 7) is 6.33. The van der Waals surface area contributed by atoms with E-state index in [2.05, 4.69) is 19.9 Å². The predicted molar refractivity (Wildman–Crippen MR) is 123 cm³/mol. The van der Waals surface area contributed by atoms with Gasteiger partial charge in [-0.1, -0.05) is 43.7 Å². The molecule has 1 aromatic carbocycles. The maximum Gasteiger partial charge on any atom is 0.314 e. The molecule has 3 fully saturated rings. The van der Waals surface area contributed by atoms with Crippen LogP contribution in [0.4, 0.5) is 0 Å². The number of esters is 2. The van der Waals surface area contributed by atoms with Crippen molar-refractivity contribution in [2.75, 3.05) is 0 Å². The molecule has 4 aliphatic rings. The fourth-order valence-corrected chi connectivity index (χ4v) is 8.03. The van der Waals surface area contributed by atoms with E-state index in [0.717, 1.165) is 44.9 Å². The lowest BCUT2D eigenvalue weighted by Gasteiger charge is -2.57. The largest absolute Gasteiger partial charge is 0.462 e. The molecule has 0 unspecified atom stereocenters. The van der Waals surface area contributed by atoms with Crippen molar-refractivity contribution in [3.05, 3.63) is 42.0 Å². The highest BCUT2D eigenvalue weighted by molar-refractivity contribution is 5.76. The number of benzene rings is 1. The molecule has 4 aliphatic carbocycles. The maximum atomic E-state index is 13.2. The van der Waals surface area contributed by atoms with Gasteiger partial charge in [0.1, 0.15) is 11.9 Å². The van der Waals surface area contributed by atoms with Crippen molar-refractivity contribution in [1.29, 1.82) is 0 Å². The van der Waals surface area contributed by atoms with Crippen LogP contribution in [0.2, 0.25) is 0 Å². The summed E-state index contributed by atoms with van der Waals surface area (Å²) in [5.41, 5.74) is 1.76. The van der Waals surface area contributed by atoms with Crippen LogP contribution in [0, 0.1) is 34.5 Å². The smallest absolute Gasteiger partial charge is 0.314 e. The van der Waals surface area contributed by atoms with Crippen molar-refractivity contribution in [2.45, 2.75) is 78.2 Å². The second-order valence-corrected chi connectivity index (χ2v) is 11.1. The molecule has 0 bridgehead atoms. The molecule has 0 aliphatic heterocycles. The van der Waals surface area contributed by atoms with Crippen LogP contribution >= 0.6 is 0 Å². The molecule has 0 aromatic heterocycles. The van der Waals surface area contributed by atoms with Crippen LogP contribution in [-0.4, -0.2) is 18.0 Å². The van der Waals surface area contributed by atoms with Gasteiger partial charge < -0.3 is 9.47 Å². The van der Waals surface area contributed by atoms with Crippen LogP contribution in [-0.2, 0) is 14.3 Å². The number of rotatable bonds is 3. The molecule has 32 heavy (non-hydrogen) atoms. The third kappa shape index (κ3) is 3.50. The first-order chi connectivity index (χ1) is 15.3. The van der Waals surface area contributed by atoms with E-state index in [1.54, 1.807) is 0 Å². The first kappa shape index (κ1) is 21.7. The molecule has 4 heteroatoms. The van der Waals surface area contributed by atoms with Crippen LogP contribution in [0.5, 0.6) is 5.75 Å². The zero-order valence-corrected chi connectivity index (χ0v) is 19.6. The van der Waals surface area contributed by atoms with Gasteiger partial charge in [-0.25, -0.2) is 0 Å². The Labute approximate surface area is 191 Å². The van der Waals surface area contributed by atoms with Crippen molar-refractivity contribution in [3.8, 4) is 5.75 Å². The number of fused-ring (bicyclic) bond motifs is 5. The van der Waals surface area contributed by atoms with Gasteiger partial charge in [-0.2, -0.15) is 0 Å². The van der Waals surface area contributed by atoms with Crippen molar-refractivity contribution >= 4 is 11.9 Å². The van der Waals surface area contributed by atoms with Gasteiger partial charge in [0.05, 0.1) is 5.92 Å². The third-order valence-electron chi connectivity index (χ3n) is 9.64. The Kier molecular flexibility index (Phi) is 5.46. The van der Waals surface area contributed by atoms with Crippen molar-refractivity contribution in [1.82, 2.24) is 0 Å². The quantitative estimate of drug-likeness (QED) is 0.326. The molecule has 0 heterocycles. The molecular formula is C28H36O4. The minimum atomic E-state index is -0.166. The Morgan fingerprint density at radius 3 is 2.50 bits per heavy atom. The Balaban J connectivity index is 1.34. The molecule has 0 radical (unpaired) electrons. The summed E-state index contributed by atoms with van der Waals surface area (Å²) >= 11 is 0. The highest BCUT2D eigenvalue weighted by Crippen LogP contribution is 2.66. The zero-order valence-electron chi connectivity index (χ0n) is 19.6.